The summed E-state index contributed by atoms with van der Waals surface area (Å²) in [5, 5.41) is 2.53. The molecule has 3 rings (SSSR count). The van der Waals surface area contributed by atoms with Crippen molar-refractivity contribution in [3.63, 3.8) is 0 Å². The van der Waals surface area contributed by atoms with Crippen LogP contribution in [0.25, 0.3) is 0 Å². The first-order valence-electron chi connectivity index (χ1n) is 15.6. The number of ether oxygens (including phenoxy) is 2. The molecule has 0 aromatic rings. The van der Waals surface area contributed by atoms with Crippen molar-refractivity contribution < 1.29 is 28.3 Å². The van der Waals surface area contributed by atoms with Crippen LogP contribution in [0.15, 0.2) is 5.34 Å². The van der Waals surface area contributed by atoms with E-state index in [9.17, 15) is 14.5 Å². The molecule has 0 radical (unpaired) electrons. The molecule has 0 aromatic carbocycles. The van der Waals surface area contributed by atoms with Crippen molar-refractivity contribution in [3.8, 4) is 0 Å². The SMILES string of the molecule is CCC(C)(C)C(=O)O[C@H]1C[C@@H](C)[C@H](Cl)[C@]2(ON=O)CC[C@H](C)[C@H](CC[C@@H]3C[C@@H](O[Si](C)(C)C(C)(C)C)CC(=O)O3)[C@@H]12. The Hall–Kier alpha value is -1.19. The number of cyclic esters (lactones) is 1. The van der Waals surface area contributed by atoms with Crippen LogP contribution in [0.3, 0.4) is 0 Å². The van der Waals surface area contributed by atoms with Gasteiger partial charge in [0.25, 0.3) is 0 Å². The lowest BCUT2D eigenvalue weighted by Crippen LogP contribution is -2.64. The minimum absolute atomic E-state index is 0.0289. The molecule has 41 heavy (non-hydrogen) atoms. The predicted molar refractivity (Wildman–Crippen MR) is 163 cm³/mol. The lowest BCUT2D eigenvalue weighted by Gasteiger charge is -2.56. The number of halogens is 1. The van der Waals surface area contributed by atoms with Gasteiger partial charge < -0.3 is 18.7 Å². The first-order valence-corrected chi connectivity index (χ1v) is 19.0. The Kier molecular flexibility index (Phi) is 10.7. The Morgan fingerprint density at radius 3 is 2.37 bits per heavy atom. The molecule has 1 heterocycles. The predicted octanol–water partition coefficient (Wildman–Crippen LogP) is 7.96. The molecule has 0 aromatic heterocycles. The van der Waals surface area contributed by atoms with E-state index in [0.717, 1.165) is 12.8 Å². The quantitative estimate of drug-likeness (QED) is 0.0807. The minimum atomic E-state index is -2.05. The summed E-state index contributed by atoms with van der Waals surface area (Å²) in [6, 6.07) is 0. The first-order chi connectivity index (χ1) is 18.9. The summed E-state index contributed by atoms with van der Waals surface area (Å²) < 4.78 is 18.7. The van der Waals surface area contributed by atoms with Gasteiger partial charge in [-0.15, -0.1) is 16.5 Å². The summed E-state index contributed by atoms with van der Waals surface area (Å²) in [4.78, 5) is 43.3. The molecular formula is C31H54ClNO7Si. The maximum Gasteiger partial charge on any atom is 0.311 e. The monoisotopic (exact) mass is 615 g/mol. The zero-order valence-corrected chi connectivity index (χ0v) is 28.7. The molecule has 3 fully saturated rings. The molecule has 2 saturated carbocycles. The van der Waals surface area contributed by atoms with Crippen molar-refractivity contribution in [3.05, 3.63) is 4.91 Å². The molecule has 1 saturated heterocycles. The van der Waals surface area contributed by atoms with Crippen molar-refractivity contribution >= 4 is 31.9 Å². The highest BCUT2D eigenvalue weighted by Gasteiger charge is 2.63. The smallest absolute Gasteiger partial charge is 0.311 e. The Bertz CT molecular complexity index is 953. The van der Waals surface area contributed by atoms with Gasteiger partial charge in [0.1, 0.15) is 12.2 Å². The van der Waals surface area contributed by atoms with Gasteiger partial charge >= 0.3 is 11.9 Å². The second kappa shape index (κ2) is 12.8. The van der Waals surface area contributed by atoms with E-state index < -0.39 is 30.8 Å². The third-order valence-corrected chi connectivity index (χ3v) is 16.3. The van der Waals surface area contributed by atoms with Crippen molar-refractivity contribution in [2.75, 3.05) is 0 Å². The van der Waals surface area contributed by atoms with Crippen molar-refractivity contribution in [1.82, 2.24) is 0 Å². The Morgan fingerprint density at radius 1 is 1.12 bits per heavy atom. The van der Waals surface area contributed by atoms with Gasteiger partial charge in [-0.25, -0.2) is 0 Å². The molecule has 0 spiro atoms. The minimum Gasteiger partial charge on any atom is -0.462 e. The summed E-state index contributed by atoms with van der Waals surface area (Å²) >= 11 is 7.05. The Morgan fingerprint density at radius 2 is 1.78 bits per heavy atom. The summed E-state index contributed by atoms with van der Waals surface area (Å²) in [5.74, 6) is -0.467. The molecule has 236 valence electrons. The van der Waals surface area contributed by atoms with Gasteiger partial charge in [-0.05, 0) is 88.3 Å². The maximum atomic E-state index is 13.3. The van der Waals surface area contributed by atoms with Gasteiger partial charge in [-0.2, -0.15) is 0 Å². The second-order valence-corrected chi connectivity index (χ2v) is 20.5. The van der Waals surface area contributed by atoms with Gasteiger partial charge in [-0.1, -0.05) is 41.5 Å². The number of carbonyl (C=O) groups is 2. The van der Waals surface area contributed by atoms with Gasteiger partial charge in [0.05, 0.1) is 23.3 Å². The molecule has 2 aliphatic carbocycles. The van der Waals surface area contributed by atoms with E-state index in [2.05, 4.69) is 46.1 Å². The summed E-state index contributed by atoms with van der Waals surface area (Å²) in [5.41, 5.74) is -1.64. The normalized spacial score (nSPS) is 36.6. The Labute approximate surface area is 253 Å². The fraction of sp³-hybridized carbons (Fsp3) is 0.935. The fourth-order valence-corrected chi connectivity index (χ4v) is 8.68. The molecule has 9 atom stereocenters. The zero-order chi connectivity index (χ0) is 31.0. The number of nitrogens with zero attached hydrogens (tertiary/aromatic N) is 1. The van der Waals surface area contributed by atoms with Gasteiger partial charge in [-0.3, -0.25) is 9.59 Å². The van der Waals surface area contributed by atoms with Gasteiger partial charge in [0.15, 0.2) is 19.3 Å². The highest BCUT2D eigenvalue weighted by atomic mass is 35.5. The number of hydrogen-bond donors (Lipinski definition) is 0. The Balaban J connectivity index is 1.86. The molecule has 3 aliphatic rings. The van der Waals surface area contributed by atoms with E-state index in [1.165, 1.54) is 0 Å². The highest BCUT2D eigenvalue weighted by Crippen LogP contribution is 2.56. The fourth-order valence-electron chi connectivity index (χ4n) is 6.91. The van der Waals surface area contributed by atoms with E-state index in [0.29, 0.717) is 32.1 Å². The number of carbonyl (C=O) groups excluding carboxylic acids is 2. The molecule has 0 bridgehead atoms. The lowest BCUT2D eigenvalue weighted by atomic mass is 9.55. The van der Waals surface area contributed by atoms with E-state index in [1.807, 2.05) is 27.7 Å². The number of esters is 2. The van der Waals surface area contributed by atoms with E-state index in [4.69, 9.17) is 30.3 Å². The topological polar surface area (TPSA) is 100 Å². The average molecular weight is 616 g/mol. The average Bonchev–Trinajstić information content (AvgIpc) is 2.86. The van der Waals surface area contributed by atoms with E-state index in [1.54, 1.807) is 0 Å². The van der Waals surface area contributed by atoms with E-state index >= 15 is 0 Å². The van der Waals surface area contributed by atoms with Gasteiger partial charge in [0.2, 0.25) is 0 Å². The summed E-state index contributed by atoms with van der Waals surface area (Å²) in [6.45, 7) is 21.0. The maximum absolute atomic E-state index is 13.3. The van der Waals surface area contributed by atoms with E-state index in [-0.39, 0.29) is 59.3 Å². The molecule has 0 N–H and O–H groups in total. The first kappa shape index (κ1) is 34.3. The van der Waals surface area contributed by atoms with Crippen LogP contribution >= 0.6 is 11.6 Å². The van der Waals surface area contributed by atoms with Crippen LogP contribution in [0.1, 0.15) is 107 Å². The number of fused-ring (bicyclic) bond motifs is 1. The van der Waals surface area contributed by atoms with Crippen molar-refractivity contribution in [1.29, 1.82) is 0 Å². The van der Waals surface area contributed by atoms with Crippen LogP contribution in [0, 0.1) is 34.0 Å². The molecule has 10 heteroatoms. The van der Waals surface area contributed by atoms with Crippen molar-refractivity contribution in [2.45, 2.75) is 154 Å². The van der Waals surface area contributed by atoms with Crippen LogP contribution in [0.5, 0.6) is 0 Å². The molecule has 0 unspecified atom stereocenters. The highest BCUT2D eigenvalue weighted by molar-refractivity contribution is 6.74. The third kappa shape index (κ3) is 7.31. The zero-order valence-electron chi connectivity index (χ0n) is 27.0. The van der Waals surface area contributed by atoms with Gasteiger partial charge in [0, 0.05) is 12.3 Å². The summed E-state index contributed by atoms with van der Waals surface area (Å²) in [7, 11) is -2.05. The molecular weight excluding hydrogens is 562 g/mol. The van der Waals surface area contributed by atoms with Crippen molar-refractivity contribution in [2.24, 2.45) is 34.4 Å². The summed E-state index contributed by atoms with van der Waals surface area (Å²) in [6.07, 6.45) is 4.11. The number of alkyl halides is 1. The van der Waals surface area contributed by atoms with Crippen LogP contribution < -0.4 is 0 Å². The molecule has 8 nitrogen and oxygen atoms in total. The second-order valence-electron chi connectivity index (χ2n) is 15.3. The van der Waals surface area contributed by atoms with Crippen LogP contribution in [0.4, 0.5) is 0 Å². The molecule has 0 amide bonds. The lowest BCUT2D eigenvalue weighted by molar-refractivity contribution is -0.217. The standard InChI is InChI=1S/C31H54ClNO7Si/c1-11-30(7,8)28(35)38-24-16-20(3)27(32)31(40-33-36)15-14-19(2)23(26(24)31)13-12-21-17-22(18-25(34)37-21)39-41(9,10)29(4,5)6/h19-24,26-27H,11-18H2,1-10H3/t19-,20+,21+,22+,23-,24-,26-,27-,31-/m0/s1. The van der Waals surface area contributed by atoms with Crippen LogP contribution in [0.2, 0.25) is 18.1 Å². The van der Waals surface area contributed by atoms with Crippen LogP contribution in [-0.2, 0) is 28.3 Å². The number of rotatable bonds is 10. The number of hydrogen-bond acceptors (Lipinski definition) is 8. The largest absolute Gasteiger partial charge is 0.462 e. The third-order valence-electron chi connectivity index (χ3n) is 10.9. The molecule has 1 aliphatic heterocycles. The van der Waals surface area contributed by atoms with Crippen LogP contribution in [-0.4, -0.2) is 49.5 Å².